The van der Waals surface area contributed by atoms with Crippen molar-refractivity contribution in [2.45, 2.75) is 11.9 Å². The van der Waals surface area contributed by atoms with Crippen LogP contribution in [0.25, 0.3) is 0 Å². The zero-order valence-electron chi connectivity index (χ0n) is 9.63. The van der Waals surface area contributed by atoms with Crippen LogP contribution in [0.1, 0.15) is 15.9 Å². The van der Waals surface area contributed by atoms with E-state index < -0.39 is 6.10 Å². The summed E-state index contributed by atoms with van der Waals surface area (Å²) in [4.78, 5) is 11.2. The molecule has 0 aliphatic heterocycles. The molecule has 2 N–H and O–H groups in total. The second-order valence-electron chi connectivity index (χ2n) is 3.54. The minimum atomic E-state index is -0.672. The van der Waals surface area contributed by atoms with E-state index in [1.807, 2.05) is 12.1 Å². The summed E-state index contributed by atoms with van der Waals surface area (Å²) in [5.74, 6) is 0.883. The van der Waals surface area contributed by atoms with E-state index >= 15 is 0 Å². The van der Waals surface area contributed by atoms with E-state index in [2.05, 4.69) is 4.74 Å². The number of aliphatic hydroxyl groups excluding tert-OH is 2. The van der Waals surface area contributed by atoms with Crippen molar-refractivity contribution in [2.75, 3.05) is 19.5 Å². The van der Waals surface area contributed by atoms with Crippen molar-refractivity contribution in [2.24, 2.45) is 0 Å². The van der Waals surface area contributed by atoms with Gasteiger partial charge in [0.2, 0.25) is 0 Å². The monoisotopic (exact) mass is 256 g/mol. The molecule has 0 saturated carbocycles. The second kappa shape index (κ2) is 7.32. The Labute approximate surface area is 105 Å². The van der Waals surface area contributed by atoms with Gasteiger partial charge < -0.3 is 14.9 Å². The number of carbonyl (C=O) groups excluding carboxylic acids is 1. The lowest BCUT2D eigenvalue weighted by Crippen LogP contribution is -2.14. The molecule has 4 nitrogen and oxygen atoms in total. The smallest absolute Gasteiger partial charge is 0.337 e. The Morgan fingerprint density at radius 2 is 2.06 bits per heavy atom. The van der Waals surface area contributed by atoms with Gasteiger partial charge in [0.25, 0.3) is 0 Å². The van der Waals surface area contributed by atoms with Crippen LogP contribution >= 0.6 is 11.8 Å². The molecule has 0 aliphatic carbocycles. The molecule has 0 spiro atoms. The first-order valence-electron chi connectivity index (χ1n) is 5.21. The summed E-state index contributed by atoms with van der Waals surface area (Å²) in [6.07, 6.45) is -0.672. The van der Waals surface area contributed by atoms with Gasteiger partial charge in [-0.05, 0) is 17.7 Å². The van der Waals surface area contributed by atoms with Gasteiger partial charge >= 0.3 is 5.97 Å². The highest BCUT2D eigenvalue weighted by Crippen LogP contribution is 2.14. The predicted molar refractivity (Wildman–Crippen MR) is 67.0 cm³/mol. The molecule has 94 valence electrons. The largest absolute Gasteiger partial charge is 0.465 e. The quantitative estimate of drug-likeness (QED) is 0.745. The lowest BCUT2D eigenvalue weighted by atomic mass is 10.1. The summed E-state index contributed by atoms with van der Waals surface area (Å²) in [5.41, 5.74) is 1.59. The summed E-state index contributed by atoms with van der Waals surface area (Å²) < 4.78 is 4.60. The number of hydrogen-bond donors (Lipinski definition) is 2. The second-order valence-corrected chi connectivity index (χ2v) is 4.57. The lowest BCUT2D eigenvalue weighted by Gasteiger charge is -2.06. The van der Waals surface area contributed by atoms with E-state index in [9.17, 15) is 4.79 Å². The SMILES string of the molecule is COC(=O)c1ccc(CSCC(O)CO)cc1. The number of rotatable bonds is 6. The first kappa shape index (κ1) is 14.0. The molecule has 0 radical (unpaired) electrons. The fourth-order valence-corrected chi connectivity index (χ4v) is 2.14. The van der Waals surface area contributed by atoms with Gasteiger partial charge in [-0.3, -0.25) is 0 Å². The number of esters is 1. The Bertz CT molecular complexity index is 350. The van der Waals surface area contributed by atoms with Gasteiger partial charge in [-0.25, -0.2) is 4.79 Å². The van der Waals surface area contributed by atoms with Gasteiger partial charge in [0.05, 0.1) is 25.4 Å². The average Bonchev–Trinajstić information content (AvgIpc) is 2.38. The van der Waals surface area contributed by atoms with Crippen LogP contribution < -0.4 is 0 Å². The molecule has 1 rings (SSSR count). The Balaban J connectivity index is 2.43. The van der Waals surface area contributed by atoms with Crippen molar-refractivity contribution in [1.29, 1.82) is 0 Å². The molecule has 0 bridgehead atoms. The van der Waals surface area contributed by atoms with Crippen LogP contribution in [0.3, 0.4) is 0 Å². The van der Waals surface area contributed by atoms with Crippen molar-refractivity contribution >= 4 is 17.7 Å². The average molecular weight is 256 g/mol. The summed E-state index contributed by atoms with van der Waals surface area (Å²) >= 11 is 1.53. The highest BCUT2D eigenvalue weighted by atomic mass is 32.2. The van der Waals surface area contributed by atoms with E-state index in [-0.39, 0.29) is 12.6 Å². The van der Waals surface area contributed by atoms with Crippen LogP contribution in [0.15, 0.2) is 24.3 Å². The molecule has 5 heteroatoms. The molecule has 1 aromatic carbocycles. The number of benzene rings is 1. The third kappa shape index (κ3) is 4.77. The molecule has 17 heavy (non-hydrogen) atoms. The van der Waals surface area contributed by atoms with E-state index in [0.717, 1.165) is 11.3 Å². The summed E-state index contributed by atoms with van der Waals surface area (Å²) in [6, 6.07) is 7.13. The molecule has 0 heterocycles. The number of methoxy groups -OCH3 is 1. The number of aliphatic hydroxyl groups is 2. The zero-order chi connectivity index (χ0) is 12.7. The minimum absolute atomic E-state index is 0.214. The Hall–Kier alpha value is -1.04. The fourth-order valence-electron chi connectivity index (χ4n) is 1.22. The van der Waals surface area contributed by atoms with Crippen LogP contribution in [0.5, 0.6) is 0 Å². The van der Waals surface area contributed by atoms with E-state index in [1.54, 1.807) is 12.1 Å². The first-order chi connectivity index (χ1) is 8.17. The standard InChI is InChI=1S/C12H16O4S/c1-16-12(15)10-4-2-9(3-5-10)7-17-8-11(14)6-13/h2-5,11,13-14H,6-8H2,1H3. The molecular formula is C12H16O4S. The first-order valence-corrected chi connectivity index (χ1v) is 6.36. The van der Waals surface area contributed by atoms with Crippen molar-refractivity contribution in [3.63, 3.8) is 0 Å². The van der Waals surface area contributed by atoms with Crippen molar-refractivity contribution in [1.82, 2.24) is 0 Å². The van der Waals surface area contributed by atoms with Crippen LogP contribution in [0, 0.1) is 0 Å². The Morgan fingerprint density at radius 3 is 2.59 bits per heavy atom. The lowest BCUT2D eigenvalue weighted by molar-refractivity contribution is 0.0600. The van der Waals surface area contributed by atoms with Gasteiger partial charge in [0.1, 0.15) is 0 Å². The molecule has 1 aromatic rings. The Morgan fingerprint density at radius 1 is 1.41 bits per heavy atom. The topological polar surface area (TPSA) is 66.8 Å². The molecular weight excluding hydrogens is 240 g/mol. The van der Waals surface area contributed by atoms with Crippen LogP contribution in [-0.4, -0.2) is 41.8 Å². The summed E-state index contributed by atoms with van der Waals surface area (Å²) in [6.45, 7) is -0.214. The number of hydrogen-bond acceptors (Lipinski definition) is 5. The molecule has 0 aromatic heterocycles. The Kier molecular flexibility index (Phi) is 6.04. The van der Waals surface area contributed by atoms with Crippen LogP contribution in [-0.2, 0) is 10.5 Å². The van der Waals surface area contributed by atoms with Gasteiger partial charge in [-0.15, -0.1) is 0 Å². The van der Waals surface area contributed by atoms with Gasteiger partial charge in [0.15, 0.2) is 0 Å². The maximum Gasteiger partial charge on any atom is 0.337 e. The third-order valence-electron chi connectivity index (χ3n) is 2.16. The highest BCUT2D eigenvalue weighted by Gasteiger charge is 2.05. The van der Waals surface area contributed by atoms with E-state index in [0.29, 0.717) is 11.3 Å². The molecule has 1 unspecified atom stereocenters. The van der Waals surface area contributed by atoms with Gasteiger partial charge in [-0.1, -0.05) is 12.1 Å². The van der Waals surface area contributed by atoms with Gasteiger partial charge in [0, 0.05) is 11.5 Å². The summed E-state index contributed by atoms with van der Waals surface area (Å²) in [7, 11) is 1.35. The van der Waals surface area contributed by atoms with Crippen molar-refractivity contribution < 1.29 is 19.7 Å². The van der Waals surface area contributed by atoms with Gasteiger partial charge in [-0.2, -0.15) is 11.8 Å². The number of thioether (sulfide) groups is 1. The molecule has 0 fully saturated rings. The number of ether oxygens (including phenoxy) is 1. The molecule has 1 atom stereocenters. The number of carbonyl (C=O) groups is 1. The minimum Gasteiger partial charge on any atom is -0.465 e. The normalized spacial score (nSPS) is 12.2. The zero-order valence-corrected chi connectivity index (χ0v) is 10.4. The van der Waals surface area contributed by atoms with E-state index in [4.69, 9.17) is 10.2 Å². The molecule has 0 amide bonds. The van der Waals surface area contributed by atoms with E-state index in [1.165, 1.54) is 18.9 Å². The fraction of sp³-hybridized carbons (Fsp3) is 0.417. The van der Waals surface area contributed by atoms with Crippen molar-refractivity contribution in [3.05, 3.63) is 35.4 Å². The maximum atomic E-state index is 11.2. The third-order valence-corrected chi connectivity index (χ3v) is 3.32. The maximum absolute atomic E-state index is 11.2. The summed E-state index contributed by atoms with van der Waals surface area (Å²) in [5, 5.41) is 17.8. The molecule has 0 saturated heterocycles. The van der Waals surface area contributed by atoms with Crippen molar-refractivity contribution in [3.8, 4) is 0 Å². The van der Waals surface area contributed by atoms with Crippen LogP contribution in [0.2, 0.25) is 0 Å². The van der Waals surface area contributed by atoms with Crippen LogP contribution in [0.4, 0.5) is 0 Å². The predicted octanol–water partition coefficient (Wildman–Crippen LogP) is 1.06. The highest BCUT2D eigenvalue weighted by molar-refractivity contribution is 7.98. The molecule has 0 aliphatic rings.